The molecule has 1 aliphatic heterocycles. The third-order valence-electron chi connectivity index (χ3n) is 12.4. The molecule has 8 atom stereocenters. The molecule has 0 radical (unpaired) electrons. The molecule has 5 rings (SSSR count). The van der Waals surface area contributed by atoms with E-state index in [4.69, 9.17) is 11.6 Å². The minimum Gasteiger partial charge on any atom is -0.506 e. The zero-order valence-corrected chi connectivity index (χ0v) is 27.0. The molecule has 3 aliphatic carbocycles. The van der Waals surface area contributed by atoms with E-state index in [1.54, 1.807) is 6.07 Å². The molecule has 3 fully saturated rings. The first-order valence-electron chi connectivity index (χ1n) is 17.1. The van der Waals surface area contributed by atoms with Gasteiger partial charge in [-0.2, -0.15) is 22.0 Å². The van der Waals surface area contributed by atoms with Crippen LogP contribution >= 0.6 is 11.6 Å². The molecule has 1 N–H and O–H groups in total. The van der Waals surface area contributed by atoms with Gasteiger partial charge in [0.05, 0.1) is 5.02 Å². The van der Waals surface area contributed by atoms with Gasteiger partial charge in [0.15, 0.2) is 0 Å². The number of benzene rings is 1. The number of alkyl halides is 6. The quantitative estimate of drug-likeness (QED) is 0.180. The van der Waals surface area contributed by atoms with Crippen molar-refractivity contribution in [3.05, 3.63) is 28.3 Å². The van der Waals surface area contributed by atoms with Crippen LogP contribution < -0.4 is 0 Å². The van der Waals surface area contributed by atoms with Crippen molar-refractivity contribution in [2.75, 3.05) is 13.1 Å². The van der Waals surface area contributed by atoms with E-state index in [0.29, 0.717) is 54.0 Å². The summed E-state index contributed by atoms with van der Waals surface area (Å²) in [4.78, 5) is 2.47. The number of hydrogen-bond acceptors (Lipinski definition) is 2. The van der Waals surface area contributed by atoms with Crippen LogP contribution in [0.4, 0.5) is 26.3 Å². The standard InChI is InChI=1S/C35H50ClF6NO/c1-22-13-15-27-30-23(20-26-25(14-16-29(44)32(26)36)31(30)28(37)21-33(22,27)2)10-5-4-8-18-43-19-9-12-24(43)11-6-3-7-17-34(38,39)35(40,41)42/h14,16,22-24,27-28,30-31,44H,3-13,15,17-21H2,1-2H3/t22?,23-,24?,27?,28?,30?,31?,33?/m1/s1. The molecule has 1 heterocycles. The smallest absolute Gasteiger partial charge is 0.453 e. The summed E-state index contributed by atoms with van der Waals surface area (Å²) >= 11 is 6.62. The molecule has 1 aromatic rings. The highest BCUT2D eigenvalue weighted by molar-refractivity contribution is 6.32. The van der Waals surface area contributed by atoms with E-state index in [0.717, 1.165) is 88.4 Å². The molecule has 0 aromatic heterocycles. The molecule has 1 saturated heterocycles. The van der Waals surface area contributed by atoms with E-state index in [9.17, 15) is 27.1 Å². The summed E-state index contributed by atoms with van der Waals surface area (Å²) in [7, 11) is 0. The number of nitrogens with zero attached hydrogens (tertiary/aromatic N) is 1. The van der Waals surface area contributed by atoms with E-state index < -0.39 is 24.7 Å². The number of fused-ring (bicyclic) bond motifs is 5. The van der Waals surface area contributed by atoms with Gasteiger partial charge in [0, 0.05) is 18.4 Å². The zero-order valence-electron chi connectivity index (χ0n) is 26.3. The highest BCUT2D eigenvalue weighted by Crippen LogP contribution is 2.65. The van der Waals surface area contributed by atoms with Gasteiger partial charge >= 0.3 is 12.1 Å². The van der Waals surface area contributed by atoms with Crippen molar-refractivity contribution in [1.82, 2.24) is 4.90 Å². The fourth-order valence-corrected chi connectivity index (χ4v) is 10.0. The molecule has 9 heteroatoms. The number of phenolic OH excluding ortho intramolecular Hbond substituents is 1. The summed E-state index contributed by atoms with van der Waals surface area (Å²) in [5.74, 6) is -3.02. The lowest BCUT2D eigenvalue weighted by atomic mass is 9.50. The Kier molecular flexibility index (Phi) is 10.5. The lowest BCUT2D eigenvalue weighted by molar-refractivity contribution is -0.284. The zero-order chi connectivity index (χ0) is 31.9. The van der Waals surface area contributed by atoms with Crippen molar-refractivity contribution >= 4 is 11.6 Å². The van der Waals surface area contributed by atoms with Gasteiger partial charge in [-0.25, -0.2) is 4.39 Å². The number of halogens is 7. The topological polar surface area (TPSA) is 23.5 Å². The molecule has 44 heavy (non-hydrogen) atoms. The highest BCUT2D eigenvalue weighted by Gasteiger charge is 2.59. The van der Waals surface area contributed by atoms with Crippen LogP contribution in [-0.4, -0.2) is 47.4 Å². The molecule has 1 aromatic carbocycles. The maximum absolute atomic E-state index is 16.2. The third-order valence-corrected chi connectivity index (χ3v) is 12.8. The fourth-order valence-electron chi connectivity index (χ4n) is 9.80. The number of rotatable bonds is 12. The predicted octanol–water partition coefficient (Wildman–Crippen LogP) is 10.9. The SMILES string of the molecule is CC1CCC2C3C(c4ccc(O)c(Cl)c4C[C@H]3CCCCCN3CCCC3CCCCCC(F)(F)C(F)(F)F)C(F)CC12C. The van der Waals surface area contributed by atoms with Crippen LogP contribution in [0, 0.1) is 29.1 Å². The largest absolute Gasteiger partial charge is 0.506 e. The van der Waals surface area contributed by atoms with Crippen LogP contribution in [0.1, 0.15) is 121 Å². The van der Waals surface area contributed by atoms with Crippen LogP contribution in [0.15, 0.2) is 12.1 Å². The van der Waals surface area contributed by atoms with Crippen molar-refractivity contribution in [3.63, 3.8) is 0 Å². The maximum atomic E-state index is 16.2. The summed E-state index contributed by atoms with van der Waals surface area (Å²) < 4.78 is 79.7. The molecular formula is C35H50ClF6NO. The van der Waals surface area contributed by atoms with Gasteiger partial charge in [0.1, 0.15) is 11.9 Å². The molecule has 0 bridgehead atoms. The number of unbranched alkanes of at least 4 members (excludes halogenated alkanes) is 4. The Hall–Kier alpha value is -1.15. The Morgan fingerprint density at radius 2 is 1.70 bits per heavy atom. The number of phenols is 1. The van der Waals surface area contributed by atoms with Gasteiger partial charge in [0.25, 0.3) is 0 Å². The van der Waals surface area contributed by atoms with E-state index in [1.807, 2.05) is 6.07 Å². The van der Waals surface area contributed by atoms with Gasteiger partial charge in [0.2, 0.25) is 0 Å². The molecule has 0 spiro atoms. The summed E-state index contributed by atoms with van der Waals surface area (Å²) in [5.41, 5.74) is 1.98. The molecule has 4 aliphatic rings. The summed E-state index contributed by atoms with van der Waals surface area (Å²) in [6.07, 6.45) is 4.36. The molecule has 2 saturated carbocycles. The Morgan fingerprint density at radius 3 is 2.45 bits per heavy atom. The minimum atomic E-state index is -5.46. The number of likely N-dealkylation sites (tertiary alicyclic amines) is 1. The third kappa shape index (κ3) is 6.78. The minimum absolute atomic E-state index is 0.0288. The van der Waals surface area contributed by atoms with E-state index in [2.05, 4.69) is 18.7 Å². The summed E-state index contributed by atoms with van der Waals surface area (Å²) in [5, 5.41) is 10.8. The first-order chi connectivity index (χ1) is 20.7. The molecule has 0 amide bonds. The van der Waals surface area contributed by atoms with Crippen LogP contribution in [0.2, 0.25) is 5.02 Å². The van der Waals surface area contributed by atoms with Crippen molar-refractivity contribution in [1.29, 1.82) is 0 Å². The average Bonchev–Trinajstić information content (AvgIpc) is 3.52. The van der Waals surface area contributed by atoms with Crippen molar-refractivity contribution in [2.45, 2.75) is 140 Å². The Morgan fingerprint density at radius 1 is 0.977 bits per heavy atom. The average molecular weight is 650 g/mol. The highest BCUT2D eigenvalue weighted by atomic mass is 35.5. The number of hydrogen-bond donors (Lipinski definition) is 1. The van der Waals surface area contributed by atoms with Crippen molar-refractivity contribution in [3.8, 4) is 5.75 Å². The van der Waals surface area contributed by atoms with E-state index >= 15 is 4.39 Å². The second-order valence-corrected chi connectivity index (χ2v) is 15.2. The first-order valence-corrected chi connectivity index (χ1v) is 17.5. The molecule has 250 valence electrons. The second kappa shape index (κ2) is 13.5. The number of aromatic hydroxyl groups is 1. The van der Waals surface area contributed by atoms with Gasteiger partial charge in [-0.05, 0) is 124 Å². The fraction of sp³-hybridized carbons (Fsp3) is 0.829. The van der Waals surface area contributed by atoms with Crippen molar-refractivity contribution < 1.29 is 31.4 Å². The lowest BCUT2D eigenvalue weighted by Crippen LogP contribution is -2.50. The van der Waals surface area contributed by atoms with Crippen LogP contribution in [0.3, 0.4) is 0 Å². The van der Waals surface area contributed by atoms with E-state index in [-0.39, 0.29) is 23.5 Å². The van der Waals surface area contributed by atoms with Gasteiger partial charge < -0.3 is 10.0 Å². The van der Waals surface area contributed by atoms with Crippen LogP contribution in [0.25, 0.3) is 0 Å². The van der Waals surface area contributed by atoms with Gasteiger partial charge in [-0.15, -0.1) is 0 Å². The monoisotopic (exact) mass is 649 g/mol. The predicted molar refractivity (Wildman–Crippen MR) is 163 cm³/mol. The Bertz CT molecular complexity index is 1130. The summed E-state index contributed by atoms with van der Waals surface area (Å²) in [6.45, 7) is 6.60. The van der Waals surface area contributed by atoms with Gasteiger partial charge in [-0.1, -0.05) is 57.2 Å². The molecule has 2 nitrogen and oxygen atoms in total. The Labute approximate surface area is 264 Å². The second-order valence-electron chi connectivity index (χ2n) is 14.8. The molecule has 7 unspecified atom stereocenters. The van der Waals surface area contributed by atoms with E-state index in [1.165, 1.54) is 0 Å². The van der Waals surface area contributed by atoms with Gasteiger partial charge in [-0.3, -0.25) is 0 Å². The van der Waals surface area contributed by atoms with Crippen LogP contribution in [0.5, 0.6) is 5.75 Å². The van der Waals surface area contributed by atoms with Crippen molar-refractivity contribution in [2.24, 2.45) is 29.1 Å². The molecular weight excluding hydrogens is 600 g/mol. The normalized spacial score (nSPS) is 34.2. The summed E-state index contributed by atoms with van der Waals surface area (Å²) in [6, 6.07) is 3.94. The maximum Gasteiger partial charge on any atom is 0.453 e. The van der Waals surface area contributed by atoms with Crippen LogP contribution in [-0.2, 0) is 6.42 Å². The lowest BCUT2D eigenvalue weighted by Gasteiger charge is -2.55. The Balaban J connectivity index is 1.12. The first kappa shape index (κ1) is 34.2.